The molecule has 1 aliphatic heterocycles. The third-order valence-corrected chi connectivity index (χ3v) is 3.27. The second-order valence-electron chi connectivity index (χ2n) is 4.37. The molecule has 1 heterocycles. The first-order valence-corrected chi connectivity index (χ1v) is 6.15. The first-order chi connectivity index (χ1) is 6.86. The first-order valence-electron chi connectivity index (χ1n) is 6.15. The predicted molar refractivity (Wildman–Crippen MR) is 60.5 cm³/mol. The highest BCUT2D eigenvalue weighted by atomic mass is 16.5. The summed E-state index contributed by atoms with van der Waals surface area (Å²) >= 11 is 0. The van der Waals surface area contributed by atoms with Gasteiger partial charge >= 0.3 is 0 Å². The molecule has 1 fully saturated rings. The van der Waals surface area contributed by atoms with Gasteiger partial charge in [0.25, 0.3) is 0 Å². The topological polar surface area (TPSA) is 21.3 Å². The second-order valence-corrected chi connectivity index (χ2v) is 4.37. The minimum absolute atomic E-state index is 0.873. The Morgan fingerprint density at radius 3 is 2.57 bits per heavy atom. The molecular formula is C12H25NO. The quantitative estimate of drug-likeness (QED) is 0.709. The fourth-order valence-corrected chi connectivity index (χ4v) is 2.20. The molecule has 0 aliphatic carbocycles. The summed E-state index contributed by atoms with van der Waals surface area (Å²) < 4.78 is 5.38. The van der Waals surface area contributed by atoms with Crippen LogP contribution in [0.15, 0.2) is 0 Å². The lowest BCUT2D eigenvalue weighted by Gasteiger charge is -2.26. The monoisotopic (exact) mass is 199 g/mol. The molecule has 1 atom stereocenters. The largest absolute Gasteiger partial charge is 0.381 e. The van der Waals surface area contributed by atoms with Gasteiger partial charge in [-0.05, 0) is 44.2 Å². The van der Waals surface area contributed by atoms with Crippen LogP contribution in [-0.4, -0.2) is 26.3 Å². The number of nitrogens with one attached hydrogen (secondary N) is 1. The van der Waals surface area contributed by atoms with Crippen molar-refractivity contribution in [1.82, 2.24) is 5.32 Å². The highest BCUT2D eigenvalue weighted by Gasteiger charge is 2.17. The Kier molecular flexibility index (Phi) is 6.20. The minimum atomic E-state index is 0.873. The first kappa shape index (κ1) is 12.0. The van der Waals surface area contributed by atoms with Crippen molar-refractivity contribution < 1.29 is 4.74 Å². The molecule has 0 bridgehead atoms. The Balaban J connectivity index is 2.16. The van der Waals surface area contributed by atoms with Crippen LogP contribution in [-0.2, 0) is 4.74 Å². The molecule has 1 aliphatic rings. The van der Waals surface area contributed by atoms with E-state index in [-0.39, 0.29) is 0 Å². The Bertz CT molecular complexity index is 132. The molecule has 2 heteroatoms. The van der Waals surface area contributed by atoms with Crippen molar-refractivity contribution in [1.29, 1.82) is 0 Å². The van der Waals surface area contributed by atoms with Crippen molar-refractivity contribution in [2.24, 2.45) is 11.8 Å². The number of rotatable bonds is 6. The molecule has 0 aromatic rings. The summed E-state index contributed by atoms with van der Waals surface area (Å²) in [5.41, 5.74) is 0. The van der Waals surface area contributed by atoms with Crippen LogP contribution < -0.4 is 5.32 Å². The zero-order chi connectivity index (χ0) is 10.2. The molecule has 0 aromatic heterocycles. The number of hydrogen-bond acceptors (Lipinski definition) is 2. The van der Waals surface area contributed by atoms with Crippen molar-refractivity contribution in [3.8, 4) is 0 Å². The van der Waals surface area contributed by atoms with Gasteiger partial charge in [0.1, 0.15) is 0 Å². The molecule has 1 saturated heterocycles. The van der Waals surface area contributed by atoms with E-state index in [9.17, 15) is 0 Å². The SMILES string of the molecule is CCNCC(CC)CC1CCOCC1. The summed E-state index contributed by atoms with van der Waals surface area (Å²) in [5, 5.41) is 3.46. The lowest BCUT2D eigenvalue weighted by molar-refractivity contribution is 0.0583. The van der Waals surface area contributed by atoms with Crippen LogP contribution in [0.5, 0.6) is 0 Å². The maximum absolute atomic E-state index is 5.38. The van der Waals surface area contributed by atoms with Gasteiger partial charge in [-0.1, -0.05) is 20.3 Å². The average Bonchev–Trinajstić information content (AvgIpc) is 2.25. The van der Waals surface area contributed by atoms with Crippen LogP contribution in [0.2, 0.25) is 0 Å². The van der Waals surface area contributed by atoms with Gasteiger partial charge < -0.3 is 10.1 Å². The molecule has 1 rings (SSSR count). The summed E-state index contributed by atoms with van der Waals surface area (Å²) in [5.74, 6) is 1.80. The molecule has 2 nitrogen and oxygen atoms in total. The molecule has 1 N–H and O–H groups in total. The van der Waals surface area contributed by atoms with Gasteiger partial charge in [0, 0.05) is 13.2 Å². The van der Waals surface area contributed by atoms with Gasteiger partial charge in [-0.15, -0.1) is 0 Å². The zero-order valence-electron chi connectivity index (χ0n) is 9.72. The molecule has 84 valence electrons. The van der Waals surface area contributed by atoms with Gasteiger partial charge in [0.15, 0.2) is 0 Å². The van der Waals surface area contributed by atoms with Gasteiger partial charge in [0.2, 0.25) is 0 Å². The third kappa shape index (κ3) is 4.43. The highest BCUT2D eigenvalue weighted by Crippen LogP contribution is 2.24. The van der Waals surface area contributed by atoms with Crippen LogP contribution in [0.3, 0.4) is 0 Å². The predicted octanol–water partition coefficient (Wildman–Crippen LogP) is 2.44. The lowest BCUT2D eigenvalue weighted by Crippen LogP contribution is -2.26. The molecule has 0 spiro atoms. The molecule has 0 aromatic carbocycles. The van der Waals surface area contributed by atoms with Gasteiger partial charge in [-0.25, -0.2) is 0 Å². The molecule has 0 amide bonds. The van der Waals surface area contributed by atoms with E-state index in [0.717, 1.165) is 31.6 Å². The Morgan fingerprint density at radius 1 is 1.29 bits per heavy atom. The van der Waals surface area contributed by atoms with Crippen molar-refractivity contribution in [3.63, 3.8) is 0 Å². The normalized spacial score (nSPS) is 21.0. The molecule has 1 unspecified atom stereocenters. The lowest BCUT2D eigenvalue weighted by atomic mass is 9.87. The van der Waals surface area contributed by atoms with Crippen molar-refractivity contribution >= 4 is 0 Å². The third-order valence-electron chi connectivity index (χ3n) is 3.27. The molecule has 0 saturated carbocycles. The standard InChI is InChI=1S/C12H25NO/c1-3-11(10-13-4-2)9-12-5-7-14-8-6-12/h11-13H,3-10H2,1-2H3. The Morgan fingerprint density at radius 2 is 2.00 bits per heavy atom. The maximum Gasteiger partial charge on any atom is 0.0468 e. The van der Waals surface area contributed by atoms with Crippen LogP contribution in [0.4, 0.5) is 0 Å². The summed E-state index contributed by atoms with van der Waals surface area (Å²) in [4.78, 5) is 0. The summed E-state index contributed by atoms with van der Waals surface area (Å²) in [7, 11) is 0. The van der Waals surface area contributed by atoms with Crippen LogP contribution in [0.1, 0.15) is 39.5 Å². The summed E-state index contributed by atoms with van der Waals surface area (Å²) in [6.45, 7) is 8.77. The van der Waals surface area contributed by atoms with E-state index in [0.29, 0.717) is 0 Å². The van der Waals surface area contributed by atoms with Crippen molar-refractivity contribution in [3.05, 3.63) is 0 Å². The van der Waals surface area contributed by atoms with Gasteiger partial charge in [-0.3, -0.25) is 0 Å². The van der Waals surface area contributed by atoms with Crippen molar-refractivity contribution in [2.45, 2.75) is 39.5 Å². The molecule has 14 heavy (non-hydrogen) atoms. The van der Waals surface area contributed by atoms with E-state index in [1.165, 1.54) is 32.2 Å². The van der Waals surface area contributed by atoms with Crippen LogP contribution in [0.25, 0.3) is 0 Å². The van der Waals surface area contributed by atoms with E-state index in [4.69, 9.17) is 4.74 Å². The second kappa shape index (κ2) is 7.24. The molecule has 0 radical (unpaired) electrons. The van der Waals surface area contributed by atoms with Gasteiger partial charge in [0.05, 0.1) is 0 Å². The maximum atomic E-state index is 5.38. The van der Waals surface area contributed by atoms with Crippen LogP contribution >= 0.6 is 0 Å². The minimum Gasteiger partial charge on any atom is -0.381 e. The number of hydrogen-bond donors (Lipinski definition) is 1. The fourth-order valence-electron chi connectivity index (χ4n) is 2.20. The Hall–Kier alpha value is -0.0800. The average molecular weight is 199 g/mol. The number of ether oxygens (including phenoxy) is 1. The zero-order valence-corrected chi connectivity index (χ0v) is 9.72. The van der Waals surface area contributed by atoms with Gasteiger partial charge in [-0.2, -0.15) is 0 Å². The highest BCUT2D eigenvalue weighted by molar-refractivity contribution is 4.69. The summed E-state index contributed by atoms with van der Waals surface area (Å²) in [6, 6.07) is 0. The molecular weight excluding hydrogens is 174 g/mol. The smallest absolute Gasteiger partial charge is 0.0468 e. The van der Waals surface area contributed by atoms with E-state index in [2.05, 4.69) is 19.2 Å². The fraction of sp³-hybridized carbons (Fsp3) is 1.00. The summed E-state index contributed by atoms with van der Waals surface area (Å²) in [6.07, 6.45) is 5.27. The van der Waals surface area contributed by atoms with E-state index in [1.54, 1.807) is 0 Å². The van der Waals surface area contributed by atoms with Crippen LogP contribution in [0, 0.1) is 11.8 Å². The Labute approximate surface area is 88.4 Å². The van der Waals surface area contributed by atoms with E-state index < -0.39 is 0 Å². The van der Waals surface area contributed by atoms with E-state index in [1.807, 2.05) is 0 Å². The van der Waals surface area contributed by atoms with Crippen molar-refractivity contribution in [2.75, 3.05) is 26.3 Å². The van der Waals surface area contributed by atoms with E-state index >= 15 is 0 Å².